The van der Waals surface area contributed by atoms with Gasteiger partial charge in [-0.2, -0.15) is 0 Å². The van der Waals surface area contributed by atoms with Gasteiger partial charge in [0, 0.05) is 6.07 Å². The van der Waals surface area contributed by atoms with E-state index in [4.69, 9.17) is 0 Å². The highest BCUT2D eigenvalue weighted by molar-refractivity contribution is 5.97. The third-order valence-corrected chi connectivity index (χ3v) is 3.88. The Morgan fingerprint density at radius 1 is 1.08 bits per heavy atom. The molecule has 1 unspecified atom stereocenters. The van der Waals surface area contributed by atoms with Crippen molar-refractivity contribution in [2.75, 3.05) is 5.32 Å². The van der Waals surface area contributed by atoms with Crippen LogP contribution >= 0.6 is 0 Å². The lowest BCUT2D eigenvalue weighted by Gasteiger charge is -2.14. The number of carbonyl (C=O) groups excluding carboxylic acids is 1. The van der Waals surface area contributed by atoms with Gasteiger partial charge in [-0.15, -0.1) is 0 Å². The van der Waals surface area contributed by atoms with Crippen molar-refractivity contribution in [3.05, 3.63) is 69.8 Å². The average Bonchev–Trinajstić information content (AvgIpc) is 2.54. The lowest BCUT2D eigenvalue weighted by atomic mass is 9.96. The number of benzene rings is 2. The van der Waals surface area contributed by atoms with E-state index in [1.807, 2.05) is 24.3 Å². The zero-order valence-corrected chi connectivity index (χ0v) is 14.2. The smallest absolute Gasteiger partial charge is 0.292 e. The van der Waals surface area contributed by atoms with Crippen molar-refractivity contribution in [3.63, 3.8) is 0 Å². The Morgan fingerprint density at radius 2 is 1.71 bits per heavy atom. The summed E-state index contributed by atoms with van der Waals surface area (Å²) < 4.78 is 0. The van der Waals surface area contributed by atoms with Crippen molar-refractivity contribution in [2.24, 2.45) is 5.92 Å². The molecule has 1 atom stereocenters. The third-order valence-electron chi connectivity index (χ3n) is 3.88. The van der Waals surface area contributed by atoms with Gasteiger partial charge in [-0.3, -0.25) is 14.9 Å². The number of nitrogens with one attached hydrogen (secondary N) is 1. The molecule has 0 aliphatic carbocycles. The first-order valence-corrected chi connectivity index (χ1v) is 8.01. The molecule has 0 heterocycles. The highest BCUT2D eigenvalue weighted by Gasteiger charge is 2.19. The molecule has 0 aromatic heterocycles. The zero-order chi connectivity index (χ0) is 17.7. The highest BCUT2D eigenvalue weighted by atomic mass is 16.6. The standard InChI is InChI=1S/C19H22N2O3/c1-13(2)12-15-8-10-16(11-9-15)14(3)19(22)20-17-6-4-5-7-18(17)21(23)24/h4-11,13-14H,12H2,1-3H3,(H,20,22). The number of para-hydroxylation sites is 2. The first kappa shape index (κ1) is 17.7. The van der Waals surface area contributed by atoms with E-state index < -0.39 is 10.8 Å². The van der Waals surface area contributed by atoms with Gasteiger partial charge in [-0.1, -0.05) is 50.2 Å². The van der Waals surface area contributed by atoms with Gasteiger partial charge in [0.2, 0.25) is 5.91 Å². The summed E-state index contributed by atoms with van der Waals surface area (Å²) in [5, 5.41) is 13.7. The van der Waals surface area contributed by atoms with Crippen LogP contribution in [0.2, 0.25) is 0 Å². The minimum atomic E-state index is -0.499. The van der Waals surface area contributed by atoms with Gasteiger partial charge < -0.3 is 5.32 Å². The second-order valence-corrected chi connectivity index (χ2v) is 6.32. The Kier molecular flexibility index (Phi) is 5.68. The van der Waals surface area contributed by atoms with E-state index in [1.54, 1.807) is 19.1 Å². The lowest BCUT2D eigenvalue weighted by Crippen LogP contribution is -2.19. The molecule has 2 aromatic carbocycles. The molecule has 0 spiro atoms. The van der Waals surface area contributed by atoms with Crippen molar-refractivity contribution in [1.82, 2.24) is 0 Å². The predicted octanol–water partition coefficient (Wildman–Crippen LogP) is 4.54. The van der Waals surface area contributed by atoms with Crippen LogP contribution in [0.25, 0.3) is 0 Å². The maximum atomic E-state index is 12.4. The van der Waals surface area contributed by atoms with Gasteiger partial charge >= 0.3 is 0 Å². The van der Waals surface area contributed by atoms with Crippen LogP contribution in [0.15, 0.2) is 48.5 Å². The summed E-state index contributed by atoms with van der Waals surface area (Å²) in [5.41, 5.74) is 2.24. The molecule has 2 aromatic rings. The van der Waals surface area contributed by atoms with Gasteiger partial charge in [0.1, 0.15) is 5.69 Å². The summed E-state index contributed by atoms with van der Waals surface area (Å²) in [4.78, 5) is 22.9. The van der Waals surface area contributed by atoms with Crippen molar-refractivity contribution in [1.29, 1.82) is 0 Å². The molecule has 126 valence electrons. The Morgan fingerprint density at radius 3 is 2.29 bits per heavy atom. The summed E-state index contributed by atoms with van der Waals surface area (Å²) in [6.07, 6.45) is 0.997. The summed E-state index contributed by atoms with van der Waals surface area (Å²) in [5.74, 6) is -0.0750. The first-order valence-electron chi connectivity index (χ1n) is 8.01. The van der Waals surface area contributed by atoms with Gasteiger partial charge in [-0.25, -0.2) is 0 Å². The van der Waals surface area contributed by atoms with E-state index in [0.717, 1.165) is 12.0 Å². The van der Waals surface area contributed by atoms with Crippen LogP contribution in [-0.2, 0) is 11.2 Å². The van der Waals surface area contributed by atoms with Crippen molar-refractivity contribution in [2.45, 2.75) is 33.1 Å². The van der Waals surface area contributed by atoms with Crippen LogP contribution in [0.4, 0.5) is 11.4 Å². The number of nitro benzene ring substituents is 1. The fourth-order valence-corrected chi connectivity index (χ4v) is 2.54. The molecule has 2 rings (SSSR count). The van der Waals surface area contributed by atoms with Crippen molar-refractivity contribution < 1.29 is 9.72 Å². The molecule has 1 amide bonds. The molecule has 1 N–H and O–H groups in total. The molecule has 24 heavy (non-hydrogen) atoms. The van der Waals surface area contributed by atoms with E-state index in [9.17, 15) is 14.9 Å². The quantitative estimate of drug-likeness (QED) is 0.626. The Bertz CT molecular complexity index is 724. The lowest BCUT2D eigenvalue weighted by molar-refractivity contribution is -0.383. The highest BCUT2D eigenvalue weighted by Crippen LogP contribution is 2.25. The number of anilines is 1. The maximum absolute atomic E-state index is 12.4. The second-order valence-electron chi connectivity index (χ2n) is 6.32. The number of rotatable bonds is 6. The summed E-state index contributed by atoms with van der Waals surface area (Å²) in [6.45, 7) is 6.12. The normalized spacial score (nSPS) is 12.0. The number of hydrogen-bond acceptors (Lipinski definition) is 3. The molecule has 5 nitrogen and oxygen atoms in total. The zero-order valence-electron chi connectivity index (χ0n) is 14.2. The predicted molar refractivity (Wildman–Crippen MR) is 95.1 cm³/mol. The minimum Gasteiger partial charge on any atom is -0.320 e. The van der Waals surface area contributed by atoms with Crippen molar-refractivity contribution in [3.8, 4) is 0 Å². The number of amides is 1. The number of carbonyl (C=O) groups is 1. The molecule has 5 heteroatoms. The molecule has 0 radical (unpaired) electrons. The van der Waals surface area contributed by atoms with Crippen LogP contribution in [0, 0.1) is 16.0 Å². The fraction of sp³-hybridized carbons (Fsp3) is 0.316. The van der Waals surface area contributed by atoms with Gasteiger partial charge in [0.05, 0.1) is 10.8 Å². The Hall–Kier alpha value is -2.69. The van der Waals surface area contributed by atoms with E-state index in [0.29, 0.717) is 5.92 Å². The summed E-state index contributed by atoms with van der Waals surface area (Å²) in [7, 11) is 0. The summed E-state index contributed by atoms with van der Waals surface area (Å²) in [6, 6.07) is 14.1. The van der Waals surface area contributed by atoms with E-state index in [-0.39, 0.29) is 17.3 Å². The maximum Gasteiger partial charge on any atom is 0.292 e. The molecule has 0 saturated carbocycles. The minimum absolute atomic E-state index is 0.106. The monoisotopic (exact) mass is 326 g/mol. The molecule has 0 fully saturated rings. The van der Waals surface area contributed by atoms with Gasteiger partial charge in [0.15, 0.2) is 0 Å². The molecule has 0 saturated heterocycles. The van der Waals surface area contributed by atoms with Crippen LogP contribution < -0.4 is 5.32 Å². The molecule has 0 bridgehead atoms. The van der Waals surface area contributed by atoms with Crippen LogP contribution in [0.1, 0.15) is 37.8 Å². The van der Waals surface area contributed by atoms with E-state index in [2.05, 4.69) is 19.2 Å². The Labute approximate surface area is 141 Å². The number of nitrogens with zero attached hydrogens (tertiary/aromatic N) is 1. The first-order chi connectivity index (χ1) is 11.4. The average molecular weight is 326 g/mol. The fourth-order valence-electron chi connectivity index (χ4n) is 2.54. The molecular weight excluding hydrogens is 304 g/mol. The molecule has 0 aliphatic heterocycles. The van der Waals surface area contributed by atoms with Crippen LogP contribution in [-0.4, -0.2) is 10.8 Å². The Balaban J connectivity index is 2.11. The number of nitro groups is 1. The van der Waals surface area contributed by atoms with E-state index >= 15 is 0 Å². The molecule has 0 aliphatic rings. The summed E-state index contributed by atoms with van der Waals surface area (Å²) >= 11 is 0. The largest absolute Gasteiger partial charge is 0.320 e. The molecular formula is C19H22N2O3. The van der Waals surface area contributed by atoms with E-state index in [1.165, 1.54) is 17.7 Å². The topological polar surface area (TPSA) is 72.2 Å². The van der Waals surface area contributed by atoms with Crippen LogP contribution in [0.5, 0.6) is 0 Å². The van der Waals surface area contributed by atoms with Crippen molar-refractivity contribution >= 4 is 17.3 Å². The SMILES string of the molecule is CC(C)Cc1ccc(C(C)C(=O)Nc2ccccc2[N+](=O)[O-])cc1. The van der Waals surface area contributed by atoms with Gasteiger partial charge in [0.25, 0.3) is 5.69 Å². The number of hydrogen-bond donors (Lipinski definition) is 1. The third kappa shape index (κ3) is 4.41. The van der Waals surface area contributed by atoms with Crippen LogP contribution in [0.3, 0.4) is 0 Å². The second kappa shape index (κ2) is 7.73. The van der Waals surface area contributed by atoms with Gasteiger partial charge in [-0.05, 0) is 36.5 Å².